The summed E-state index contributed by atoms with van der Waals surface area (Å²) < 4.78 is 81.5. The molecule has 30 heavy (non-hydrogen) atoms. The first kappa shape index (κ1) is 24.4. The smallest absolute Gasteiger partial charge is 0.345 e. The largest absolute Gasteiger partial charge is 0.393 e. The summed E-state index contributed by atoms with van der Waals surface area (Å²) in [6, 6.07) is 3.91. The van der Waals surface area contributed by atoms with Crippen molar-refractivity contribution in [2.24, 2.45) is 13.0 Å². The zero-order valence-electron chi connectivity index (χ0n) is 16.2. The molecule has 0 fully saturated rings. The van der Waals surface area contributed by atoms with Crippen LogP contribution in [0.5, 0.6) is 0 Å². The average molecular weight is 514 g/mol. The van der Waals surface area contributed by atoms with E-state index in [1.807, 2.05) is 0 Å². The number of hydrogen-bond donors (Lipinski definition) is 2. The summed E-state index contributed by atoms with van der Waals surface area (Å²) >= 11 is 2.99. The third-order valence-electron chi connectivity index (χ3n) is 4.59. The molecule has 0 saturated carbocycles. The number of nitrogens with zero attached hydrogens (tertiary/aromatic N) is 1. The molecule has 2 N–H and O–H groups in total. The minimum atomic E-state index is -4.57. The van der Waals surface area contributed by atoms with Gasteiger partial charge in [-0.05, 0) is 40.5 Å². The number of amides is 1. The van der Waals surface area contributed by atoms with Gasteiger partial charge in [0.15, 0.2) is 5.82 Å². The number of benzene rings is 1. The van der Waals surface area contributed by atoms with Crippen LogP contribution in [0.3, 0.4) is 0 Å². The number of aryl methyl sites for hydroxylation is 1. The molecule has 0 aliphatic carbocycles. The van der Waals surface area contributed by atoms with E-state index in [0.717, 1.165) is 19.2 Å². The molecule has 1 amide bonds. The highest BCUT2D eigenvalue weighted by Gasteiger charge is 2.42. The number of hydrogen-bond acceptors (Lipinski definition) is 3. The second-order valence-electron chi connectivity index (χ2n) is 6.69. The third kappa shape index (κ3) is 5.41. The van der Waals surface area contributed by atoms with Gasteiger partial charge in [0.2, 0.25) is 10.0 Å². The molecule has 2 rings (SSSR count). The Bertz CT molecular complexity index is 1040. The van der Waals surface area contributed by atoms with E-state index in [-0.39, 0.29) is 27.2 Å². The van der Waals surface area contributed by atoms with Crippen LogP contribution in [0.4, 0.5) is 23.2 Å². The first-order valence-corrected chi connectivity index (χ1v) is 11.1. The minimum Gasteiger partial charge on any atom is -0.345 e. The number of carbonyl (C=O) groups is 1. The van der Waals surface area contributed by atoms with Crippen molar-refractivity contribution in [3.63, 3.8) is 0 Å². The van der Waals surface area contributed by atoms with E-state index in [1.54, 1.807) is 0 Å². The SMILES string of the molecule is CCC(NS(=O)(=O)c1cc(C(=O)Nc2cccc(Br)c2F)n(C)c1)C(C)C(F)(F)F. The number of nitrogens with one attached hydrogen (secondary N) is 2. The fourth-order valence-electron chi connectivity index (χ4n) is 2.73. The molecular weight excluding hydrogens is 494 g/mol. The monoisotopic (exact) mass is 513 g/mol. The van der Waals surface area contributed by atoms with Gasteiger partial charge in [0.1, 0.15) is 10.6 Å². The van der Waals surface area contributed by atoms with Crippen LogP contribution in [0.2, 0.25) is 0 Å². The molecule has 0 aliphatic heterocycles. The van der Waals surface area contributed by atoms with Crippen LogP contribution in [-0.2, 0) is 17.1 Å². The van der Waals surface area contributed by atoms with Crippen molar-refractivity contribution < 1.29 is 30.8 Å². The molecule has 2 unspecified atom stereocenters. The van der Waals surface area contributed by atoms with Gasteiger partial charge >= 0.3 is 6.18 Å². The van der Waals surface area contributed by atoms with Crippen molar-refractivity contribution in [1.82, 2.24) is 9.29 Å². The van der Waals surface area contributed by atoms with Gasteiger partial charge in [0, 0.05) is 19.3 Å². The molecule has 166 valence electrons. The predicted octanol–water partition coefficient (Wildman–Crippen LogP) is 4.43. The van der Waals surface area contributed by atoms with Gasteiger partial charge in [0.05, 0.1) is 16.1 Å². The number of carbonyl (C=O) groups excluding carboxylic acids is 1. The predicted molar refractivity (Wildman–Crippen MR) is 107 cm³/mol. The Morgan fingerprint density at radius 2 is 1.93 bits per heavy atom. The summed E-state index contributed by atoms with van der Waals surface area (Å²) in [6.07, 6.45) is -3.55. The molecular formula is C18H20BrF4N3O3S. The number of alkyl halides is 3. The van der Waals surface area contributed by atoms with Gasteiger partial charge in [-0.1, -0.05) is 19.9 Å². The van der Waals surface area contributed by atoms with Crippen molar-refractivity contribution in [3.8, 4) is 0 Å². The maximum atomic E-state index is 14.1. The molecule has 1 aromatic carbocycles. The van der Waals surface area contributed by atoms with E-state index >= 15 is 0 Å². The molecule has 2 atom stereocenters. The Morgan fingerprint density at radius 3 is 2.50 bits per heavy atom. The molecule has 0 radical (unpaired) electrons. The van der Waals surface area contributed by atoms with Crippen molar-refractivity contribution in [2.45, 2.75) is 37.4 Å². The molecule has 6 nitrogen and oxygen atoms in total. The Hall–Kier alpha value is -1.92. The molecule has 0 bridgehead atoms. The van der Waals surface area contributed by atoms with E-state index in [0.29, 0.717) is 0 Å². The summed E-state index contributed by atoms with van der Waals surface area (Å²) in [6.45, 7) is 2.33. The van der Waals surface area contributed by atoms with Gasteiger partial charge in [-0.2, -0.15) is 13.2 Å². The summed E-state index contributed by atoms with van der Waals surface area (Å²) in [5.74, 6) is -3.39. The van der Waals surface area contributed by atoms with E-state index in [1.165, 1.54) is 36.7 Å². The van der Waals surface area contributed by atoms with Crippen molar-refractivity contribution >= 4 is 37.5 Å². The number of rotatable bonds is 7. The Morgan fingerprint density at radius 1 is 1.30 bits per heavy atom. The normalized spacial score (nSPS) is 14.4. The first-order chi connectivity index (χ1) is 13.8. The van der Waals surface area contributed by atoms with Crippen LogP contribution in [0, 0.1) is 11.7 Å². The lowest BCUT2D eigenvalue weighted by Crippen LogP contribution is -2.44. The number of anilines is 1. The minimum absolute atomic E-state index is 0.0811. The lowest BCUT2D eigenvalue weighted by atomic mass is 10.0. The van der Waals surface area contributed by atoms with E-state index in [2.05, 4.69) is 26.0 Å². The lowest BCUT2D eigenvalue weighted by Gasteiger charge is -2.25. The standard InChI is InChI=1S/C18H20BrF4N3O3S/c1-4-13(10(2)18(21,22)23)25-30(28,29)11-8-15(26(3)9-11)17(27)24-14-7-5-6-12(19)16(14)20/h5-10,13,25H,4H2,1-3H3,(H,24,27). The molecule has 0 saturated heterocycles. The van der Waals surface area contributed by atoms with E-state index in [9.17, 15) is 30.8 Å². The fraction of sp³-hybridized carbons (Fsp3) is 0.389. The maximum Gasteiger partial charge on any atom is 0.393 e. The van der Waals surface area contributed by atoms with Crippen molar-refractivity contribution in [1.29, 1.82) is 0 Å². The highest BCUT2D eigenvalue weighted by Crippen LogP contribution is 2.30. The quantitative estimate of drug-likeness (QED) is 0.537. The van der Waals surface area contributed by atoms with E-state index in [4.69, 9.17) is 0 Å². The molecule has 2 aromatic rings. The van der Waals surface area contributed by atoms with Crippen LogP contribution in [0.25, 0.3) is 0 Å². The summed E-state index contributed by atoms with van der Waals surface area (Å²) in [5.41, 5.74) is -0.241. The van der Waals surface area contributed by atoms with Gasteiger partial charge in [-0.3, -0.25) is 4.79 Å². The van der Waals surface area contributed by atoms with Crippen LogP contribution < -0.4 is 10.0 Å². The second-order valence-corrected chi connectivity index (χ2v) is 9.26. The molecule has 0 spiro atoms. The van der Waals surface area contributed by atoms with Crippen LogP contribution in [0.1, 0.15) is 30.8 Å². The zero-order chi connectivity index (χ0) is 22.9. The number of sulfonamides is 1. The summed E-state index contributed by atoms with van der Waals surface area (Å²) in [5, 5.41) is 2.33. The van der Waals surface area contributed by atoms with Crippen LogP contribution >= 0.6 is 15.9 Å². The molecule has 1 aromatic heterocycles. The Labute approximate surface area is 179 Å². The third-order valence-corrected chi connectivity index (χ3v) is 6.66. The number of halogens is 5. The van der Waals surface area contributed by atoms with Crippen LogP contribution in [0.15, 0.2) is 39.8 Å². The van der Waals surface area contributed by atoms with Crippen molar-refractivity contribution in [3.05, 3.63) is 46.4 Å². The number of aromatic nitrogens is 1. The maximum absolute atomic E-state index is 14.1. The molecule has 1 heterocycles. The highest BCUT2D eigenvalue weighted by molar-refractivity contribution is 9.10. The lowest BCUT2D eigenvalue weighted by molar-refractivity contribution is -0.176. The first-order valence-electron chi connectivity index (χ1n) is 8.78. The highest BCUT2D eigenvalue weighted by atomic mass is 79.9. The average Bonchev–Trinajstić information content (AvgIpc) is 3.05. The fourth-order valence-corrected chi connectivity index (χ4v) is 4.56. The van der Waals surface area contributed by atoms with Gasteiger partial charge in [-0.15, -0.1) is 0 Å². The van der Waals surface area contributed by atoms with E-state index < -0.39 is 39.9 Å². The molecule has 0 aliphatic rings. The summed E-state index contributed by atoms with van der Waals surface area (Å²) in [4.78, 5) is 12.1. The Kier molecular flexibility index (Phi) is 7.36. The van der Waals surface area contributed by atoms with Gasteiger partial charge in [0.25, 0.3) is 5.91 Å². The Balaban J connectivity index is 2.27. The van der Waals surface area contributed by atoms with Crippen molar-refractivity contribution in [2.75, 3.05) is 5.32 Å². The van der Waals surface area contributed by atoms with Gasteiger partial charge in [-0.25, -0.2) is 17.5 Å². The second kappa shape index (κ2) is 9.06. The topological polar surface area (TPSA) is 80.2 Å². The van der Waals surface area contributed by atoms with Crippen LogP contribution in [-0.4, -0.2) is 31.1 Å². The molecule has 12 heteroatoms. The summed E-state index contributed by atoms with van der Waals surface area (Å²) in [7, 11) is -2.94. The zero-order valence-corrected chi connectivity index (χ0v) is 18.6. The van der Waals surface area contributed by atoms with Gasteiger partial charge < -0.3 is 9.88 Å².